The van der Waals surface area contributed by atoms with Gasteiger partial charge in [-0.15, -0.1) is 0 Å². The number of carbonyl (C=O) groups is 2. The molecule has 4 N–H and O–H groups in total. The summed E-state index contributed by atoms with van der Waals surface area (Å²) in [6.45, 7) is 1.54. The molecule has 0 aliphatic heterocycles. The van der Waals surface area contributed by atoms with Crippen LogP contribution in [0.25, 0.3) is 0 Å². The van der Waals surface area contributed by atoms with E-state index < -0.39 is 23.1 Å². The van der Waals surface area contributed by atoms with E-state index in [1.165, 1.54) is 25.1 Å². The number of H-pyrrole nitrogens is 2. The Bertz CT molecular complexity index is 834. The maximum absolute atomic E-state index is 12.0. The number of carboxylic acids is 1. The molecule has 1 heterocycles. The van der Waals surface area contributed by atoms with Gasteiger partial charge < -0.3 is 15.4 Å². The molecule has 108 valence electrons. The Morgan fingerprint density at radius 3 is 2.52 bits per heavy atom. The van der Waals surface area contributed by atoms with Gasteiger partial charge in [0.1, 0.15) is 5.56 Å². The van der Waals surface area contributed by atoms with Crippen LogP contribution in [-0.2, 0) is 0 Å². The Balaban J connectivity index is 2.36. The number of rotatable bonds is 3. The van der Waals surface area contributed by atoms with E-state index in [1.807, 2.05) is 4.98 Å². The lowest BCUT2D eigenvalue weighted by atomic mass is 10.1. The summed E-state index contributed by atoms with van der Waals surface area (Å²) in [6.07, 6.45) is 0.993. The third-order valence-corrected chi connectivity index (χ3v) is 2.88. The maximum Gasteiger partial charge on any atom is 0.336 e. The molecule has 0 aliphatic rings. The zero-order valence-corrected chi connectivity index (χ0v) is 10.9. The van der Waals surface area contributed by atoms with Crippen molar-refractivity contribution in [2.24, 2.45) is 0 Å². The molecule has 0 spiro atoms. The molecule has 21 heavy (non-hydrogen) atoms. The first-order chi connectivity index (χ1) is 9.90. The number of anilines is 1. The Labute approximate surface area is 117 Å². The van der Waals surface area contributed by atoms with Gasteiger partial charge >= 0.3 is 11.7 Å². The lowest BCUT2D eigenvalue weighted by Gasteiger charge is -2.09. The molecular formula is C13H11N3O5. The monoisotopic (exact) mass is 289 g/mol. The van der Waals surface area contributed by atoms with Crippen LogP contribution >= 0.6 is 0 Å². The minimum absolute atomic E-state index is 0.0446. The van der Waals surface area contributed by atoms with Crippen LogP contribution in [-0.4, -0.2) is 27.0 Å². The van der Waals surface area contributed by atoms with Crippen LogP contribution in [0.4, 0.5) is 5.69 Å². The summed E-state index contributed by atoms with van der Waals surface area (Å²) >= 11 is 0. The van der Waals surface area contributed by atoms with E-state index >= 15 is 0 Å². The zero-order chi connectivity index (χ0) is 15.6. The first-order valence-electron chi connectivity index (χ1n) is 5.86. The van der Waals surface area contributed by atoms with E-state index in [0.29, 0.717) is 5.56 Å². The number of aromatic carboxylic acids is 1. The van der Waals surface area contributed by atoms with E-state index in [-0.39, 0.29) is 16.8 Å². The highest BCUT2D eigenvalue weighted by Crippen LogP contribution is 2.19. The Morgan fingerprint density at radius 2 is 1.90 bits per heavy atom. The fourth-order valence-corrected chi connectivity index (χ4v) is 1.77. The summed E-state index contributed by atoms with van der Waals surface area (Å²) in [6, 6.07) is 4.39. The predicted molar refractivity (Wildman–Crippen MR) is 73.8 cm³/mol. The largest absolute Gasteiger partial charge is 0.478 e. The number of carbonyl (C=O) groups excluding carboxylic acids is 1. The Hall–Kier alpha value is -3.16. The van der Waals surface area contributed by atoms with Gasteiger partial charge in [0.05, 0.1) is 5.56 Å². The molecule has 2 aromatic rings. The van der Waals surface area contributed by atoms with E-state index in [4.69, 9.17) is 5.11 Å². The van der Waals surface area contributed by atoms with Crippen molar-refractivity contribution in [1.82, 2.24) is 9.97 Å². The number of aromatic nitrogens is 2. The molecule has 1 aromatic heterocycles. The summed E-state index contributed by atoms with van der Waals surface area (Å²) in [5.41, 5.74) is -1.16. The van der Waals surface area contributed by atoms with Gasteiger partial charge in [0, 0.05) is 11.9 Å². The lowest BCUT2D eigenvalue weighted by Crippen LogP contribution is -2.29. The van der Waals surface area contributed by atoms with Crippen LogP contribution in [0.5, 0.6) is 0 Å². The average Bonchev–Trinajstić information content (AvgIpc) is 2.40. The van der Waals surface area contributed by atoms with E-state index in [0.717, 1.165) is 6.20 Å². The van der Waals surface area contributed by atoms with Crippen LogP contribution in [0.3, 0.4) is 0 Å². The van der Waals surface area contributed by atoms with Crippen LogP contribution in [0.1, 0.15) is 26.3 Å². The number of hydrogen-bond donors (Lipinski definition) is 4. The van der Waals surface area contributed by atoms with E-state index in [1.54, 1.807) is 0 Å². The van der Waals surface area contributed by atoms with E-state index in [2.05, 4.69) is 10.3 Å². The molecule has 2 rings (SSSR count). The first kappa shape index (κ1) is 14.3. The second-order valence-corrected chi connectivity index (χ2v) is 4.22. The van der Waals surface area contributed by atoms with Crippen molar-refractivity contribution < 1.29 is 14.7 Å². The van der Waals surface area contributed by atoms with Crippen LogP contribution in [0.15, 0.2) is 34.0 Å². The molecule has 1 aromatic carbocycles. The number of benzene rings is 1. The highest BCUT2D eigenvalue weighted by atomic mass is 16.4. The second-order valence-electron chi connectivity index (χ2n) is 4.22. The number of aromatic amines is 2. The lowest BCUT2D eigenvalue weighted by molar-refractivity contribution is 0.0695. The highest BCUT2D eigenvalue weighted by Gasteiger charge is 2.15. The van der Waals surface area contributed by atoms with Crippen molar-refractivity contribution in [2.75, 3.05) is 5.32 Å². The quantitative estimate of drug-likeness (QED) is 0.646. The van der Waals surface area contributed by atoms with Gasteiger partial charge in [-0.3, -0.25) is 14.6 Å². The predicted octanol–water partition coefficient (Wildman–Crippen LogP) is 0.322. The van der Waals surface area contributed by atoms with Crippen molar-refractivity contribution >= 4 is 17.6 Å². The van der Waals surface area contributed by atoms with Crippen LogP contribution in [0.2, 0.25) is 0 Å². The molecule has 8 heteroatoms. The molecule has 0 aliphatic carbocycles. The standard InChI is InChI=1S/C13H11N3O5/c1-6-7(12(19)20)3-2-4-9(6)15-10(17)8-5-14-13(21)16-11(8)18/h2-5H,1H3,(H,15,17)(H,19,20)(H2,14,16,18,21). The highest BCUT2D eigenvalue weighted by molar-refractivity contribution is 6.05. The van der Waals surface area contributed by atoms with Gasteiger partial charge in [-0.05, 0) is 24.6 Å². The minimum atomic E-state index is -1.12. The van der Waals surface area contributed by atoms with Crippen molar-refractivity contribution in [3.05, 3.63) is 61.9 Å². The average molecular weight is 289 g/mol. The molecule has 0 saturated heterocycles. The SMILES string of the molecule is Cc1c(NC(=O)c2c[nH]c(=O)[nH]c2=O)cccc1C(=O)O. The van der Waals surface area contributed by atoms with Crippen molar-refractivity contribution in [2.45, 2.75) is 6.92 Å². The number of carboxylic acid groups (broad SMARTS) is 1. The van der Waals surface area contributed by atoms with E-state index in [9.17, 15) is 19.2 Å². The third-order valence-electron chi connectivity index (χ3n) is 2.88. The molecule has 0 bridgehead atoms. The van der Waals surface area contributed by atoms with Gasteiger partial charge in [0.15, 0.2) is 0 Å². The normalized spacial score (nSPS) is 10.1. The van der Waals surface area contributed by atoms with Crippen molar-refractivity contribution in [1.29, 1.82) is 0 Å². The first-order valence-corrected chi connectivity index (χ1v) is 5.86. The number of amides is 1. The summed E-state index contributed by atoms with van der Waals surface area (Å²) < 4.78 is 0. The fraction of sp³-hybridized carbons (Fsp3) is 0.0769. The topological polar surface area (TPSA) is 132 Å². The summed E-state index contributed by atoms with van der Waals surface area (Å²) in [7, 11) is 0. The molecule has 1 amide bonds. The van der Waals surface area contributed by atoms with Gasteiger partial charge in [0.2, 0.25) is 0 Å². The molecule has 0 saturated carbocycles. The smallest absolute Gasteiger partial charge is 0.336 e. The van der Waals surface area contributed by atoms with Crippen LogP contribution < -0.4 is 16.6 Å². The molecular weight excluding hydrogens is 278 g/mol. The second kappa shape index (κ2) is 5.45. The number of hydrogen-bond acceptors (Lipinski definition) is 4. The van der Waals surface area contributed by atoms with Gasteiger partial charge in [-0.2, -0.15) is 0 Å². The zero-order valence-electron chi connectivity index (χ0n) is 10.9. The molecule has 8 nitrogen and oxygen atoms in total. The summed E-state index contributed by atoms with van der Waals surface area (Å²) in [4.78, 5) is 49.5. The maximum atomic E-state index is 12.0. The summed E-state index contributed by atoms with van der Waals surface area (Å²) in [5.74, 6) is -1.87. The molecule has 0 unspecified atom stereocenters. The molecule has 0 atom stereocenters. The Morgan fingerprint density at radius 1 is 1.19 bits per heavy atom. The van der Waals surface area contributed by atoms with Gasteiger partial charge in [-0.25, -0.2) is 9.59 Å². The van der Waals surface area contributed by atoms with Crippen LogP contribution in [0, 0.1) is 6.92 Å². The third kappa shape index (κ3) is 2.89. The van der Waals surface area contributed by atoms with Crippen molar-refractivity contribution in [3.63, 3.8) is 0 Å². The van der Waals surface area contributed by atoms with Crippen molar-refractivity contribution in [3.8, 4) is 0 Å². The minimum Gasteiger partial charge on any atom is -0.478 e. The number of nitrogens with one attached hydrogen (secondary N) is 3. The molecule has 0 fully saturated rings. The summed E-state index contributed by atoms with van der Waals surface area (Å²) in [5, 5.41) is 11.4. The van der Waals surface area contributed by atoms with Gasteiger partial charge in [0.25, 0.3) is 11.5 Å². The Kier molecular flexibility index (Phi) is 3.70. The molecule has 0 radical (unpaired) electrons. The van der Waals surface area contributed by atoms with Gasteiger partial charge in [-0.1, -0.05) is 6.07 Å². The fourth-order valence-electron chi connectivity index (χ4n) is 1.77.